The van der Waals surface area contributed by atoms with Gasteiger partial charge in [-0.1, -0.05) is 13.8 Å². The molecule has 10 nitrogen and oxygen atoms in total. The molecular weight excluding hydrogens is 308 g/mol. The highest BCUT2D eigenvalue weighted by Crippen LogP contribution is 2.01. The van der Waals surface area contributed by atoms with Gasteiger partial charge in [0, 0.05) is 0 Å². The molecule has 0 saturated heterocycles. The third kappa shape index (κ3) is 8.51. The fraction of sp³-hybridized carbons (Fsp3) is 0.615. The van der Waals surface area contributed by atoms with Crippen LogP contribution in [0.2, 0.25) is 0 Å². The van der Waals surface area contributed by atoms with Crippen LogP contribution in [-0.4, -0.2) is 60.3 Å². The molecule has 1 unspecified atom stereocenters. The Morgan fingerprint density at radius 3 is 2.22 bits per heavy atom. The number of carbonyl (C=O) groups is 5. The molecule has 0 spiro atoms. The fourth-order valence-electron chi connectivity index (χ4n) is 1.59. The molecular formula is C13H22N4O6. The van der Waals surface area contributed by atoms with E-state index in [1.165, 1.54) is 0 Å². The summed E-state index contributed by atoms with van der Waals surface area (Å²) in [6.07, 6.45) is -0.0443. The molecule has 0 radical (unpaired) electrons. The summed E-state index contributed by atoms with van der Waals surface area (Å²) in [5.41, 5.74) is 5.34. The van der Waals surface area contributed by atoms with E-state index < -0.39 is 48.7 Å². The van der Waals surface area contributed by atoms with Crippen LogP contribution in [0.25, 0.3) is 0 Å². The summed E-state index contributed by atoms with van der Waals surface area (Å²) >= 11 is 0. The number of amides is 3. The summed E-state index contributed by atoms with van der Waals surface area (Å²) in [7, 11) is 0. The van der Waals surface area contributed by atoms with Gasteiger partial charge in [-0.15, -0.1) is 0 Å². The van der Waals surface area contributed by atoms with Crippen LogP contribution in [0, 0.1) is 5.92 Å². The molecule has 0 aliphatic carbocycles. The smallest absolute Gasteiger partial charge is 0.305 e. The Bertz CT molecular complexity index is 465. The van der Waals surface area contributed by atoms with Crippen molar-refractivity contribution in [1.82, 2.24) is 16.0 Å². The Labute approximate surface area is 133 Å². The zero-order valence-corrected chi connectivity index (χ0v) is 13.0. The Hall–Kier alpha value is -2.49. The number of aldehydes is 1. The lowest BCUT2D eigenvalue weighted by atomic mass is 10.0. The predicted octanol–water partition coefficient (Wildman–Crippen LogP) is -2.64. The van der Waals surface area contributed by atoms with Crippen molar-refractivity contribution in [2.45, 2.75) is 32.4 Å². The van der Waals surface area contributed by atoms with Gasteiger partial charge in [-0.3, -0.25) is 19.2 Å². The lowest BCUT2D eigenvalue weighted by Crippen LogP contribution is -2.53. The maximum atomic E-state index is 11.8. The SMILES string of the molecule is CC(C)C(NC(=O)CNC(=O)[C@@H](N)CC(=O)O)C(=O)NCC=O. The standard InChI is InChI=1S/C13H22N4O6/c1-7(2)11(13(23)15-3-4-18)17-9(19)6-16-12(22)8(14)5-10(20)21/h4,7-8,11H,3,5-6,14H2,1-2H3,(H,15,23)(H,16,22)(H,17,19)(H,20,21)/t8-,11?/m0/s1. The Balaban J connectivity index is 4.43. The van der Waals surface area contributed by atoms with E-state index in [4.69, 9.17) is 10.8 Å². The number of carboxylic acids is 1. The maximum Gasteiger partial charge on any atom is 0.305 e. The van der Waals surface area contributed by atoms with Crippen molar-refractivity contribution in [2.24, 2.45) is 11.7 Å². The van der Waals surface area contributed by atoms with E-state index in [2.05, 4.69) is 16.0 Å². The fourth-order valence-corrected chi connectivity index (χ4v) is 1.59. The summed E-state index contributed by atoms with van der Waals surface area (Å²) in [6, 6.07) is -2.14. The van der Waals surface area contributed by atoms with Crippen LogP contribution in [0.3, 0.4) is 0 Å². The molecule has 0 fully saturated rings. The van der Waals surface area contributed by atoms with Gasteiger partial charge in [0.15, 0.2) is 0 Å². The second-order valence-corrected chi connectivity index (χ2v) is 5.12. The summed E-state index contributed by atoms with van der Waals surface area (Å²) < 4.78 is 0. The van der Waals surface area contributed by atoms with Crippen LogP contribution in [-0.2, 0) is 24.0 Å². The summed E-state index contributed by atoms with van der Waals surface area (Å²) in [5, 5.41) is 15.5. The van der Waals surface area contributed by atoms with Crippen LogP contribution in [0.5, 0.6) is 0 Å². The van der Waals surface area contributed by atoms with E-state index in [0.29, 0.717) is 6.29 Å². The highest BCUT2D eigenvalue weighted by atomic mass is 16.4. The number of nitrogens with two attached hydrogens (primary N) is 1. The van der Waals surface area contributed by atoms with Crippen molar-refractivity contribution in [3.63, 3.8) is 0 Å². The van der Waals surface area contributed by atoms with Crippen molar-refractivity contribution >= 4 is 30.0 Å². The number of aliphatic carboxylic acids is 1. The number of carboxylic acid groups (broad SMARTS) is 1. The van der Waals surface area contributed by atoms with Crippen LogP contribution in [0.4, 0.5) is 0 Å². The van der Waals surface area contributed by atoms with Gasteiger partial charge in [-0.25, -0.2) is 0 Å². The van der Waals surface area contributed by atoms with Gasteiger partial charge in [0.2, 0.25) is 17.7 Å². The predicted molar refractivity (Wildman–Crippen MR) is 79.1 cm³/mol. The van der Waals surface area contributed by atoms with Crippen molar-refractivity contribution in [3.05, 3.63) is 0 Å². The molecule has 0 aliphatic rings. The quantitative estimate of drug-likeness (QED) is 0.273. The highest BCUT2D eigenvalue weighted by molar-refractivity contribution is 5.92. The molecule has 2 atom stereocenters. The van der Waals surface area contributed by atoms with E-state index in [-0.39, 0.29) is 12.5 Å². The van der Waals surface area contributed by atoms with Crippen molar-refractivity contribution < 1.29 is 29.1 Å². The van der Waals surface area contributed by atoms with E-state index in [0.717, 1.165) is 0 Å². The van der Waals surface area contributed by atoms with E-state index in [1.807, 2.05) is 0 Å². The monoisotopic (exact) mass is 330 g/mol. The van der Waals surface area contributed by atoms with Crippen LogP contribution >= 0.6 is 0 Å². The minimum absolute atomic E-state index is 0.168. The van der Waals surface area contributed by atoms with Gasteiger partial charge < -0.3 is 31.6 Å². The topological polar surface area (TPSA) is 168 Å². The van der Waals surface area contributed by atoms with Gasteiger partial charge >= 0.3 is 5.97 Å². The summed E-state index contributed by atoms with van der Waals surface area (Å²) in [6.45, 7) is 2.79. The molecule has 3 amide bonds. The average molecular weight is 330 g/mol. The van der Waals surface area contributed by atoms with E-state index in [1.54, 1.807) is 13.8 Å². The van der Waals surface area contributed by atoms with Gasteiger partial charge in [0.1, 0.15) is 12.3 Å². The molecule has 6 N–H and O–H groups in total. The molecule has 0 aliphatic heterocycles. The normalized spacial score (nSPS) is 12.9. The number of nitrogens with one attached hydrogen (secondary N) is 3. The zero-order chi connectivity index (χ0) is 18.0. The molecule has 0 aromatic rings. The molecule has 0 aromatic carbocycles. The van der Waals surface area contributed by atoms with Crippen molar-refractivity contribution in [2.75, 3.05) is 13.1 Å². The Morgan fingerprint density at radius 2 is 1.74 bits per heavy atom. The van der Waals surface area contributed by atoms with Gasteiger partial charge in [0.25, 0.3) is 0 Å². The maximum absolute atomic E-state index is 11.8. The second-order valence-electron chi connectivity index (χ2n) is 5.12. The van der Waals surface area contributed by atoms with Crippen molar-refractivity contribution in [3.8, 4) is 0 Å². The molecule has 23 heavy (non-hydrogen) atoms. The van der Waals surface area contributed by atoms with Gasteiger partial charge in [0.05, 0.1) is 25.6 Å². The molecule has 0 heterocycles. The van der Waals surface area contributed by atoms with Crippen LogP contribution in [0.1, 0.15) is 20.3 Å². The first-order valence-corrected chi connectivity index (χ1v) is 6.94. The van der Waals surface area contributed by atoms with Crippen LogP contribution in [0.15, 0.2) is 0 Å². The number of hydrogen-bond donors (Lipinski definition) is 5. The molecule has 130 valence electrons. The lowest BCUT2D eigenvalue weighted by molar-refractivity contribution is -0.139. The zero-order valence-electron chi connectivity index (χ0n) is 13.0. The molecule has 0 rings (SSSR count). The Kier molecular flexibility index (Phi) is 9.16. The highest BCUT2D eigenvalue weighted by Gasteiger charge is 2.24. The number of rotatable bonds is 10. The van der Waals surface area contributed by atoms with E-state index in [9.17, 15) is 24.0 Å². The third-order valence-electron chi connectivity index (χ3n) is 2.78. The lowest BCUT2D eigenvalue weighted by Gasteiger charge is -2.21. The summed E-state index contributed by atoms with van der Waals surface area (Å²) in [4.78, 5) is 55.7. The van der Waals surface area contributed by atoms with Gasteiger partial charge in [-0.2, -0.15) is 0 Å². The largest absolute Gasteiger partial charge is 0.481 e. The van der Waals surface area contributed by atoms with Gasteiger partial charge in [-0.05, 0) is 5.92 Å². The Morgan fingerprint density at radius 1 is 1.13 bits per heavy atom. The average Bonchev–Trinajstić information content (AvgIpc) is 2.46. The third-order valence-corrected chi connectivity index (χ3v) is 2.78. The molecule has 10 heteroatoms. The van der Waals surface area contributed by atoms with Crippen LogP contribution < -0.4 is 21.7 Å². The summed E-state index contributed by atoms with van der Waals surface area (Å²) in [5.74, 6) is -3.41. The first-order valence-electron chi connectivity index (χ1n) is 6.94. The molecule has 0 bridgehead atoms. The first kappa shape index (κ1) is 20.5. The molecule has 0 saturated carbocycles. The minimum atomic E-state index is -1.27. The van der Waals surface area contributed by atoms with E-state index >= 15 is 0 Å². The number of carbonyl (C=O) groups excluding carboxylic acids is 4. The number of hydrogen-bond acceptors (Lipinski definition) is 6. The van der Waals surface area contributed by atoms with Crippen molar-refractivity contribution in [1.29, 1.82) is 0 Å². The first-order chi connectivity index (χ1) is 10.7. The minimum Gasteiger partial charge on any atom is -0.481 e. The molecule has 0 aromatic heterocycles. The second kappa shape index (κ2) is 10.3.